The Morgan fingerprint density at radius 2 is 1.77 bits per heavy atom. The Morgan fingerprint density at radius 3 is 2.43 bits per heavy atom. The Balaban J connectivity index is 2.03. The number of aryl methyl sites for hydroxylation is 1. The van der Waals surface area contributed by atoms with E-state index in [-0.39, 0.29) is 28.3 Å². The molecule has 30 heavy (non-hydrogen) atoms. The van der Waals surface area contributed by atoms with E-state index in [0.29, 0.717) is 11.6 Å². The van der Waals surface area contributed by atoms with Crippen molar-refractivity contribution in [2.45, 2.75) is 20.0 Å². The van der Waals surface area contributed by atoms with Gasteiger partial charge in [-0.05, 0) is 61.9 Å². The Labute approximate surface area is 168 Å². The number of hydrogen-bond acceptors (Lipinski definition) is 3. The van der Waals surface area contributed by atoms with Gasteiger partial charge in [0.25, 0.3) is 11.5 Å². The maximum Gasteiger partial charge on any atom is 0.416 e. The van der Waals surface area contributed by atoms with Gasteiger partial charge in [0.15, 0.2) is 0 Å². The van der Waals surface area contributed by atoms with Gasteiger partial charge in [-0.2, -0.15) is 13.2 Å². The number of aromatic amines is 1. The van der Waals surface area contributed by atoms with Crippen LogP contribution in [-0.4, -0.2) is 10.9 Å². The highest BCUT2D eigenvalue weighted by Crippen LogP contribution is 2.36. The predicted molar refractivity (Wildman–Crippen MR) is 102 cm³/mol. The van der Waals surface area contributed by atoms with Gasteiger partial charge in [-0.25, -0.2) is 4.39 Å². The highest BCUT2D eigenvalue weighted by molar-refractivity contribution is 6.06. The Hall–Kier alpha value is -3.62. The third kappa shape index (κ3) is 4.51. The molecule has 2 aromatic carbocycles. The van der Waals surface area contributed by atoms with E-state index in [2.05, 4.69) is 10.3 Å². The fourth-order valence-electron chi connectivity index (χ4n) is 2.70. The molecule has 1 amide bonds. The van der Waals surface area contributed by atoms with Gasteiger partial charge >= 0.3 is 6.18 Å². The van der Waals surface area contributed by atoms with E-state index in [1.807, 2.05) is 0 Å². The molecule has 1 heterocycles. The minimum Gasteiger partial charge on any atom is -0.456 e. The lowest BCUT2D eigenvalue weighted by Crippen LogP contribution is -2.18. The number of alkyl halides is 3. The molecule has 2 N–H and O–H groups in total. The molecule has 1 aromatic heterocycles. The average Bonchev–Trinajstić information content (AvgIpc) is 2.67. The van der Waals surface area contributed by atoms with Gasteiger partial charge in [0.2, 0.25) is 0 Å². The van der Waals surface area contributed by atoms with E-state index < -0.39 is 29.0 Å². The maximum atomic E-state index is 13.3. The predicted octanol–water partition coefficient (Wildman–Crippen LogP) is 5.19. The molecule has 0 aliphatic heterocycles. The smallest absolute Gasteiger partial charge is 0.416 e. The number of amides is 1. The molecule has 0 unspecified atom stereocenters. The highest BCUT2D eigenvalue weighted by Gasteiger charge is 2.32. The monoisotopic (exact) mass is 420 g/mol. The minimum absolute atomic E-state index is 0.0945. The molecule has 9 heteroatoms. The molecular weight excluding hydrogens is 404 g/mol. The summed E-state index contributed by atoms with van der Waals surface area (Å²) in [4.78, 5) is 26.9. The number of anilines is 1. The molecule has 0 aliphatic carbocycles. The van der Waals surface area contributed by atoms with E-state index in [0.717, 1.165) is 24.3 Å². The van der Waals surface area contributed by atoms with Crippen LogP contribution in [0.4, 0.5) is 23.2 Å². The van der Waals surface area contributed by atoms with Gasteiger partial charge in [-0.1, -0.05) is 0 Å². The summed E-state index contributed by atoms with van der Waals surface area (Å²) in [6, 6.07) is 7.38. The zero-order valence-corrected chi connectivity index (χ0v) is 15.9. The summed E-state index contributed by atoms with van der Waals surface area (Å²) in [6.07, 6.45) is -3.33. The van der Waals surface area contributed by atoms with Crippen LogP contribution in [0.15, 0.2) is 53.5 Å². The largest absolute Gasteiger partial charge is 0.456 e. The van der Waals surface area contributed by atoms with E-state index in [1.165, 1.54) is 32.2 Å². The molecular formula is C21H16F4N2O3. The van der Waals surface area contributed by atoms with E-state index in [9.17, 15) is 27.2 Å². The van der Waals surface area contributed by atoms with Crippen LogP contribution in [0.5, 0.6) is 11.5 Å². The topological polar surface area (TPSA) is 71.2 Å². The second-order valence-corrected chi connectivity index (χ2v) is 6.52. The summed E-state index contributed by atoms with van der Waals surface area (Å²) in [5.74, 6) is -1.57. The highest BCUT2D eigenvalue weighted by atomic mass is 19.4. The number of carbonyl (C=O) groups is 1. The molecule has 0 saturated carbocycles. The van der Waals surface area contributed by atoms with Crippen LogP contribution in [0.3, 0.4) is 0 Å². The first-order valence-electron chi connectivity index (χ1n) is 8.71. The van der Waals surface area contributed by atoms with Crippen molar-refractivity contribution in [2.24, 2.45) is 0 Å². The summed E-state index contributed by atoms with van der Waals surface area (Å²) < 4.78 is 58.4. The number of aromatic nitrogens is 1. The Kier molecular flexibility index (Phi) is 5.64. The lowest BCUT2D eigenvalue weighted by atomic mass is 10.1. The molecule has 156 valence electrons. The number of ether oxygens (including phenoxy) is 1. The SMILES string of the molecule is Cc1cc(F)ccc1Oc1cc(C(F)(F)F)ccc1C(=O)Nc1cc[nH]c(=O)c1C. The summed E-state index contributed by atoms with van der Waals surface area (Å²) in [5.41, 5.74) is -0.849. The van der Waals surface area contributed by atoms with Crippen molar-refractivity contribution in [1.82, 2.24) is 4.98 Å². The van der Waals surface area contributed by atoms with Crippen molar-refractivity contribution in [1.29, 1.82) is 0 Å². The van der Waals surface area contributed by atoms with Crippen LogP contribution in [0.1, 0.15) is 27.0 Å². The molecule has 0 aliphatic rings. The summed E-state index contributed by atoms with van der Waals surface area (Å²) >= 11 is 0. The molecule has 0 atom stereocenters. The van der Waals surface area contributed by atoms with Crippen LogP contribution in [-0.2, 0) is 6.18 Å². The fourth-order valence-corrected chi connectivity index (χ4v) is 2.70. The number of pyridine rings is 1. The molecule has 5 nitrogen and oxygen atoms in total. The number of hydrogen-bond donors (Lipinski definition) is 2. The van der Waals surface area contributed by atoms with Crippen molar-refractivity contribution >= 4 is 11.6 Å². The van der Waals surface area contributed by atoms with E-state index in [4.69, 9.17) is 4.74 Å². The zero-order valence-electron chi connectivity index (χ0n) is 15.9. The molecule has 0 radical (unpaired) electrons. The number of nitrogens with one attached hydrogen (secondary N) is 2. The molecule has 3 rings (SSSR count). The lowest BCUT2D eigenvalue weighted by molar-refractivity contribution is -0.137. The summed E-state index contributed by atoms with van der Waals surface area (Å²) in [5, 5.41) is 2.50. The van der Waals surface area contributed by atoms with Crippen molar-refractivity contribution in [3.63, 3.8) is 0 Å². The average molecular weight is 420 g/mol. The van der Waals surface area contributed by atoms with Crippen LogP contribution in [0.2, 0.25) is 0 Å². The van der Waals surface area contributed by atoms with E-state index in [1.54, 1.807) is 0 Å². The van der Waals surface area contributed by atoms with Crippen LogP contribution in [0, 0.1) is 19.7 Å². The Morgan fingerprint density at radius 1 is 1.03 bits per heavy atom. The number of carbonyl (C=O) groups excluding carboxylic acids is 1. The van der Waals surface area contributed by atoms with Crippen molar-refractivity contribution in [3.05, 3.63) is 87.1 Å². The molecule has 0 saturated heterocycles. The third-order valence-corrected chi connectivity index (χ3v) is 4.37. The first-order chi connectivity index (χ1) is 14.1. The first kappa shape index (κ1) is 21.1. The van der Waals surface area contributed by atoms with Crippen molar-refractivity contribution in [2.75, 3.05) is 5.32 Å². The van der Waals surface area contributed by atoms with Gasteiger partial charge in [-0.15, -0.1) is 0 Å². The van der Waals surface area contributed by atoms with Gasteiger partial charge in [0.1, 0.15) is 17.3 Å². The Bertz CT molecular complexity index is 1170. The molecule has 0 spiro atoms. The number of H-pyrrole nitrogens is 1. The van der Waals surface area contributed by atoms with Crippen molar-refractivity contribution < 1.29 is 27.1 Å². The standard InChI is InChI=1S/C21H16F4N2O3/c1-11-9-14(22)4-6-17(11)30-18-10-13(21(23,24)25)3-5-15(18)20(29)27-16-7-8-26-19(28)12(16)2/h3-10H,1-2H3,(H2,26,27,28,29). The van der Waals surface area contributed by atoms with Crippen molar-refractivity contribution in [3.8, 4) is 11.5 Å². The van der Waals surface area contributed by atoms with Crippen LogP contribution in [0.25, 0.3) is 0 Å². The number of halogens is 4. The van der Waals surface area contributed by atoms with Crippen LogP contribution >= 0.6 is 0 Å². The maximum absolute atomic E-state index is 13.3. The van der Waals surface area contributed by atoms with E-state index >= 15 is 0 Å². The second kappa shape index (κ2) is 8.02. The van der Waals surface area contributed by atoms with Crippen LogP contribution < -0.4 is 15.6 Å². The lowest BCUT2D eigenvalue weighted by Gasteiger charge is -2.16. The first-order valence-corrected chi connectivity index (χ1v) is 8.71. The molecule has 0 fully saturated rings. The minimum atomic E-state index is -4.66. The fraction of sp³-hybridized carbons (Fsp3) is 0.143. The van der Waals surface area contributed by atoms with Gasteiger partial charge in [0.05, 0.1) is 16.8 Å². The number of benzene rings is 2. The second-order valence-electron chi connectivity index (χ2n) is 6.52. The van der Waals surface area contributed by atoms with Gasteiger partial charge in [0, 0.05) is 11.8 Å². The number of rotatable bonds is 4. The third-order valence-electron chi connectivity index (χ3n) is 4.37. The quantitative estimate of drug-likeness (QED) is 0.571. The summed E-state index contributed by atoms with van der Waals surface area (Å²) in [7, 11) is 0. The summed E-state index contributed by atoms with van der Waals surface area (Å²) in [6.45, 7) is 3.01. The van der Waals surface area contributed by atoms with Gasteiger partial charge < -0.3 is 15.0 Å². The molecule has 3 aromatic rings. The zero-order chi connectivity index (χ0) is 22.1. The normalized spacial score (nSPS) is 11.3. The van der Waals surface area contributed by atoms with Gasteiger partial charge in [-0.3, -0.25) is 9.59 Å². The molecule has 0 bridgehead atoms.